The van der Waals surface area contributed by atoms with Gasteiger partial charge in [0.1, 0.15) is 6.10 Å². The number of fused-ring (bicyclic) bond motifs is 1. The molecule has 1 atom stereocenters. The summed E-state index contributed by atoms with van der Waals surface area (Å²) in [6.07, 6.45) is -0.841. The van der Waals surface area contributed by atoms with Crippen molar-refractivity contribution in [3.8, 4) is 0 Å². The molecule has 0 aliphatic rings. The number of aryl methyl sites for hydroxylation is 1. The highest BCUT2D eigenvalue weighted by atomic mass is 79.9. The van der Waals surface area contributed by atoms with Crippen molar-refractivity contribution in [3.63, 3.8) is 0 Å². The first-order valence-corrected chi connectivity index (χ1v) is 7.37. The maximum atomic E-state index is 11.5. The van der Waals surface area contributed by atoms with Crippen molar-refractivity contribution in [1.82, 2.24) is 4.57 Å². The fourth-order valence-electron chi connectivity index (χ4n) is 2.22. The maximum absolute atomic E-state index is 11.5. The number of halogens is 2. The van der Waals surface area contributed by atoms with E-state index in [-0.39, 0.29) is 0 Å². The second-order valence-corrected chi connectivity index (χ2v) is 6.01. The molecular formula is C15H11BrClNO3. The van der Waals surface area contributed by atoms with Gasteiger partial charge in [-0.1, -0.05) is 39.7 Å². The Kier molecular flexibility index (Phi) is 3.65. The van der Waals surface area contributed by atoms with Crippen LogP contribution in [0.1, 0.15) is 17.2 Å². The van der Waals surface area contributed by atoms with Gasteiger partial charge in [0.25, 0.3) is 0 Å². The Balaban J connectivity index is 2.09. The summed E-state index contributed by atoms with van der Waals surface area (Å²) in [6, 6.07) is 10.4. The summed E-state index contributed by atoms with van der Waals surface area (Å²) < 4.78 is 7.28. The Morgan fingerprint density at radius 1 is 1.29 bits per heavy atom. The van der Waals surface area contributed by atoms with E-state index in [1.807, 2.05) is 0 Å². The predicted octanol–water partition coefficient (Wildman–Crippen LogP) is 3.63. The van der Waals surface area contributed by atoms with Crippen molar-refractivity contribution in [1.29, 1.82) is 0 Å². The Morgan fingerprint density at radius 3 is 2.76 bits per heavy atom. The van der Waals surface area contributed by atoms with Gasteiger partial charge in [0.15, 0.2) is 5.58 Å². The topological polar surface area (TPSA) is 55.4 Å². The molecule has 1 N–H and O–H groups in total. The summed E-state index contributed by atoms with van der Waals surface area (Å²) in [5.74, 6) is -0.427. The molecule has 108 valence electrons. The van der Waals surface area contributed by atoms with Gasteiger partial charge < -0.3 is 9.52 Å². The first-order chi connectivity index (χ1) is 9.97. The van der Waals surface area contributed by atoms with Gasteiger partial charge in [-0.2, -0.15) is 0 Å². The van der Waals surface area contributed by atoms with E-state index in [1.54, 1.807) is 43.4 Å². The molecule has 0 aliphatic heterocycles. The number of nitrogens with zero attached hydrogens (tertiary/aromatic N) is 1. The lowest BCUT2D eigenvalue weighted by Gasteiger charge is -2.13. The molecule has 0 saturated heterocycles. The summed E-state index contributed by atoms with van der Waals surface area (Å²) >= 11 is 9.29. The fourth-order valence-corrected chi connectivity index (χ4v) is 3.12. The minimum atomic E-state index is -0.841. The smallest absolute Gasteiger partial charge is 0.408 e. The predicted molar refractivity (Wildman–Crippen MR) is 84.7 cm³/mol. The number of hydrogen-bond donors (Lipinski definition) is 1. The minimum Gasteiger partial charge on any atom is -0.408 e. The molecule has 0 spiro atoms. The van der Waals surface area contributed by atoms with E-state index in [1.165, 1.54) is 4.57 Å². The van der Waals surface area contributed by atoms with Crippen molar-refractivity contribution in [3.05, 3.63) is 67.6 Å². The molecule has 21 heavy (non-hydrogen) atoms. The van der Waals surface area contributed by atoms with Crippen LogP contribution in [0, 0.1) is 0 Å². The van der Waals surface area contributed by atoms with Crippen molar-refractivity contribution in [2.45, 2.75) is 6.10 Å². The van der Waals surface area contributed by atoms with Crippen LogP contribution in [0.25, 0.3) is 11.1 Å². The van der Waals surface area contributed by atoms with Crippen LogP contribution in [0.2, 0.25) is 5.02 Å². The summed E-state index contributed by atoms with van der Waals surface area (Å²) in [5.41, 5.74) is 2.46. The van der Waals surface area contributed by atoms with Gasteiger partial charge in [0.2, 0.25) is 0 Å². The van der Waals surface area contributed by atoms with E-state index >= 15 is 0 Å². The molecule has 1 unspecified atom stereocenters. The Bertz CT molecular complexity index is 884. The van der Waals surface area contributed by atoms with Crippen LogP contribution >= 0.6 is 27.5 Å². The number of benzene rings is 2. The molecule has 1 heterocycles. The molecule has 0 aliphatic carbocycles. The van der Waals surface area contributed by atoms with E-state index in [0.29, 0.717) is 27.2 Å². The van der Waals surface area contributed by atoms with E-state index < -0.39 is 11.9 Å². The van der Waals surface area contributed by atoms with E-state index in [0.717, 1.165) is 4.47 Å². The monoisotopic (exact) mass is 367 g/mol. The van der Waals surface area contributed by atoms with Crippen LogP contribution in [-0.2, 0) is 7.05 Å². The summed E-state index contributed by atoms with van der Waals surface area (Å²) in [4.78, 5) is 11.5. The lowest BCUT2D eigenvalue weighted by atomic mass is 10.0. The lowest BCUT2D eigenvalue weighted by Crippen LogP contribution is -2.08. The van der Waals surface area contributed by atoms with Gasteiger partial charge in [-0.25, -0.2) is 4.79 Å². The third-order valence-electron chi connectivity index (χ3n) is 3.39. The number of aromatic nitrogens is 1. The van der Waals surface area contributed by atoms with E-state index in [9.17, 15) is 9.90 Å². The number of oxazole rings is 1. The average molecular weight is 369 g/mol. The second kappa shape index (κ2) is 5.33. The molecule has 6 heteroatoms. The Morgan fingerprint density at radius 2 is 2.05 bits per heavy atom. The SMILES string of the molecule is Cn1c(=O)oc2cc(C(O)c3ccc(Cl)cc3Br)ccc21. The normalized spacial score (nSPS) is 12.8. The number of aliphatic hydroxyl groups is 1. The highest BCUT2D eigenvalue weighted by Crippen LogP contribution is 2.31. The standard InChI is InChI=1S/C15H11BrClNO3/c1-18-12-5-2-8(6-13(12)21-15(18)20)14(19)10-4-3-9(17)7-11(10)16/h2-7,14,19H,1H3. The summed E-state index contributed by atoms with van der Waals surface area (Å²) in [7, 11) is 1.64. The zero-order valence-corrected chi connectivity index (χ0v) is 13.4. The first kappa shape index (κ1) is 14.4. The molecule has 2 aromatic carbocycles. The van der Waals surface area contributed by atoms with Gasteiger partial charge in [-0.3, -0.25) is 4.57 Å². The number of rotatable bonds is 2. The second-order valence-electron chi connectivity index (χ2n) is 4.72. The number of hydrogen-bond acceptors (Lipinski definition) is 3. The van der Waals surface area contributed by atoms with Gasteiger partial charge in [-0.05, 0) is 35.4 Å². The molecule has 0 bridgehead atoms. The molecule has 0 saturated carbocycles. The van der Waals surface area contributed by atoms with Crippen LogP contribution in [0.4, 0.5) is 0 Å². The summed E-state index contributed by atoms with van der Waals surface area (Å²) in [5, 5.41) is 11.1. The third kappa shape index (κ3) is 2.52. The van der Waals surface area contributed by atoms with Crippen LogP contribution in [-0.4, -0.2) is 9.67 Å². The Labute approximate surface area is 133 Å². The highest BCUT2D eigenvalue weighted by Gasteiger charge is 2.16. The molecule has 0 fully saturated rings. The van der Waals surface area contributed by atoms with Crippen molar-refractivity contribution >= 4 is 38.6 Å². The maximum Gasteiger partial charge on any atom is 0.419 e. The van der Waals surface area contributed by atoms with Crippen molar-refractivity contribution in [2.24, 2.45) is 7.05 Å². The first-order valence-electron chi connectivity index (χ1n) is 6.20. The zero-order chi connectivity index (χ0) is 15.1. The fraction of sp³-hybridized carbons (Fsp3) is 0.133. The van der Waals surface area contributed by atoms with Crippen molar-refractivity contribution < 1.29 is 9.52 Å². The van der Waals surface area contributed by atoms with Gasteiger partial charge in [0.05, 0.1) is 5.52 Å². The van der Waals surface area contributed by atoms with Crippen LogP contribution in [0.3, 0.4) is 0 Å². The molecule has 0 radical (unpaired) electrons. The molecular weight excluding hydrogens is 358 g/mol. The van der Waals surface area contributed by atoms with E-state index in [4.69, 9.17) is 16.0 Å². The quantitative estimate of drug-likeness (QED) is 0.751. The molecule has 0 amide bonds. The van der Waals surface area contributed by atoms with Crippen LogP contribution < -0.4 is 5.76 Å². The zero-order valence-electron chi connectivity index (χ0n) is 11.0. The van der Waals surface area contributed by atoms with Crippen molar-refractivity contribution in [2.75, 3.05) is 0 Å². The number of aliphatic hydroxyl groups excluding tert-OH is 1. The third-order valence-corrected chi connectivity index (χ3v) is 4.31. The molecule has 4 nitrogen and oxygen atoms in total. The molecule has 3 rings (SSSR count). The van der Waals surface area contributed by atoms with Gasteiger partial charge >= 0.3 is 5.76 Å². The van der Waals surface area contributed by atoms with Gasteiger partial charge in [0, 0.05) is 16.5 Å². The van der Waals surface area contributed by atoms with Crippen LogP contribution in [0.15, 0.2) is 50.1 Å². The molecule has 3 aromatic rings. The van der Waals surface area contributed by atoms with Crippen LogP contribution in [0.5, 0.6) is 0 Å². The highest BCUT2D eigenvalue weighted by molar-refractivity contribution is 9.10. The largest absolute Gasteiger partial charge is 0.419 e. The van der Waals surface area contributed by atoms with E-state index in [2.05, 4.69) is 15.9 Å². The average Bonchev–Trinajstić information content (AvgIpc) is 2.73. The lowest BCUT2D eigenvalue weighted by molar-refractivity contribution is 0.219. The van der Waals surface area contributed by atoms with Gasteiger partial charge in [-0.15, -0.1) is 0 Å². The summed E-state index contributed by atoms with van der Waals surface area (Å²) in [6.45, 7) is 0. The molecule has 1 aromatic heterocycles. The minimum absolute atomic E-state index is 0.427. The Hall–Kier alpha value is -1.56.